The minimum atomic E-state index is -0.152. The van der Waals surface area contributed by atoms with E-state index in [0.29, 0.717) is 12.8 Å². The highest BCUT2D eigenvalue weighted by Gasteiger charge is 2.38. The van der Waals surface area contributed by atoms with Crippen LogP contribution in [0.2, 0.25) is 0 Å². The fourth-order valence-corrected chi connectivity index (χ4v) is 2.07. The van der Waals surface area contributed by atoms with Crippen molar-refractivity contribution in [3.8, 4) is 0 Å². The van der Waals surface area contributed by atoms with Gasteiger partial charge in [-0.1, -0.05) is 0 Å². The van der Waals surface area contributed by atoms with Gasteiger partial charge in [-0.3, -0.25) is 4.79 Å². The minimum Gasteiger partial charge on any atom is -0.472 e. The molecule has 1 fully saturated rings. The maximum atomic E-state index is 11.8. The van der Waals surface area contributed by atoms with E-state index in [1.54, 1.807) is 19.6 Å². The molecule has 1 saturated carbocycles. The number of ketones is 1. The summed E-state index contributed by atoms with van der Waals surface area (Å²) in [6.07, 6.45) is 7.42. The summed E-state index contributed by atoms with van der Waals surface area (Å²) in [5, 5.41) is 0. The van der Waals surface area contributed by atoms with Crippen LogP contribution in [-0.4, -0.2) is 18.5 Å². The standard InChI is InChI=1S/C12H16O3/c1-14-12(4-2-5-12)8-11(13)7-10-3-6-15-9-10/h3,6,9H,2,4-5,7-8H2,1H3. The van der Waals surface area contributed by atoms with E-state index in [9.17, 15) is 4.79 Å². The number of carbonyl (C=O) groups excluding carboxylic acids is 1. The Morgan fingerprint density at radius 1 is 1.60 bits per heavy atom. The molecule has 82 valence electrons. The summed E-state index contributed by atoms with van der Waals surface area (Å²) in [5.74, 6) is 0.234. The summed E-state index contributed by atoms with van der Waals surface area (Å²) in [4.78, 5) is 11.8. The second kappa shape index (κ2) is 4.19. The number of rotatable bonds is 5. The molecule has 0 amide bonds. The lowest BCUT2D eigenvalue weighted by Crippen LogP contribution is -2.41. The maximum Gasteiger partial charge on any atom is 0.140 e. The molecule has 0 spiro atoms. The Kier molecular flexibility index (Phi) is 2.91. The first kappa shape index (κ1) is 10.4. The lowest BCUT2D eigenvalue weighted by molar-refractivity contribution is -0.131. The quantitative estimate of drug-likeness (QED) is 0.745. The van der Waals surface area contributed by atoms with Crippen LogP contribution in [0.4, 0.5) is 0 Å². The second-order valence-corrected chi connectivity index (χ2v) is 4.26. The Morgan fingerprint density at radius 2 is 2.40 bits per heavy atom. The van der Waals surface area contributed by atoms with Gasteiger partial charge in [0, 0.05) is 20.0 Å². The zero-order valence-electron chi connectivity index (χ0n) is 8.99. The maximum absolute atomic E-state index is 11.8. The average Bonchev–Trinajstić information content (AvgIpc) is 2.64. The smallest absolute Gasteiger partial charge is 0.140 e. The third-order valence-electron chi connectivity index (χ3n) is 3.20. The summed E-state index contributed by atoms with van der Waals surface area (Å²) in [5.41, 5.74) is 0.798. The summed E-state index contributed by atoms with van der Waals surface area (Å²) in [6.45, 7) is 0. The molecule has 0 unspecified atom stereocenters. The van der Waals surface area contributed by atoms with E-state index in [-0.39, 0.29) is 11.4 Å². The van der Waals surface area contributed by atoms with E-state index in [0.717, 1.165) is 18.4 Å². The first-order chi connectivity index (χ1) is 7.24. The van der Waals surface area contributed by atoms with Gasteiger partial charge >= 0.3 is 0 Å². The van der Waals surface area contributed by atoms with Crippen LogP contribution >= 0.6 is 0 Å². The first-order valence-corrected chi connectivity index (χ1v) is 5.32. The van der Waals surface area contributed by atoms with E-state index in [1.165, 1.54) is 6.42 Å². The number of carbonyl (C=O) groups is 1. The Morgan fingerprint density at radius 3 is 2.87 bits per heavy atom. The van der Waals surface area contributed by atoms with Crippen LogP contribution in [-0.2, 0) is 16.0 Å². The van der Waals surface area contributed by atoms with Gasteiger partial charge in [0.2, 0.25) is 0 Å². The molecule has 3 nitrogen and oxygen atoms in total. The Bertz CT molecular complexity index is 317. The second-order valence-electron chi connectivity index (χ2n) is 4.26. The van der Waals surface area contributed by atoms with Crippen molar-refractivity contribution in [2.45, 2.75) is 37.7 Å². The molecular formula is C12H16O3. The van der Waals surface area contributed by atoms with Gasteiger partial charge in [0.25, 0.3) is 0 Å². The number of Topliss-reactive ketones (excluding diaryl/α,β-unsaturated/α-hetero) is 1. The highest BCUT2D eigenvalue weighted by Crippen LogP contribution is 2.38. The van der Waals surface area contributed by atoms with E-state index in [4.69, 9.17) is 9.15 Å². The largest absolute Gasteiger partial charge is 0.472 e. The molecule has 1 aromatic heterocycles. The van der Waals surface area contributed by atoms with Gasteiger partial charge in [0.1, 0.15) is 5.78 Å². The number of furan rings is 1. The fraction of sp³-hybridized carbons (Fsp3) is 0.583. The third-order valence-corrected chi connectivity index (χ3v) is 3.20. The minimum absolute atomic E-state index is 0.152. The van der Waals surface area contributed by atoms with Crippen LogP contribution in [0.1, 0.15) is 31.2 Å². The zero-order valence-corrected chi connectivity index (χ0v) is 8.99. The van der Waals surface area contributed by atoms with Crippen LogP contribution < -0.4 is 0 Å². The SMILES string of the molecule is COC1(CC(=O)Cc2ccoc2)CCC1. The topological polar surface area (TPSA) is 39.4 Å². The van der Waals surface area contributed by atoms with E-state index in [1.807, 2.05) is 6.07 Å². The molecule has 0 bridgehead atoms. The molecule has 0 N–H and O–H groups in total. The zero-order chi connectivity index (χ0) is 10.7. The van der Waals surface area contributed by atoms with Crippen molar-refractivity contribution in [1.82, 2.24) is 0 Å². The summed E-state index contributed by atoms with van der Waals surface area (Å²) < 4.78 is 10.3. The van der Waals surface area contributed by atoms with E-state index < -0.39 is 0 Å². The van der Waals surface area contributed by atoms with Gasteiger partial charge in [0.15, 0.2) is 0 Å². The van der Waals surface area contributed by atoms with Crippen LogP contribution in [0.5, 0.6) is 0 Å². The molecule has 1 heterocycles. The van der Waals surface area contributed by atoms with Crippen molar-refractivity contribution in [2.75, 3.05) is 7.11 Å². The molecule has 0 aliphatic heterocycles. The predicted molar refractivity (Wildman–Crippen MR) is 55.6 cm³/mol. The summed E-state index contributed by atoms with van der Waals surface area (Å²) >= 11 is 0. The molecule has 1 aromatic rings. The normalized spacial score (nSPS) is 18.5. The Balaban J connectivity index is 1.87. The molecule has 0 radical (unpaired) electrons. The third kappa shape index (κ3) is 2.29. The molecule has 0 atom stereocenters. The number of ether oxygens (including phenoxy) is 1. The van der Waals surface area contributed by atoms with Crippen LogP contribution in [0.3, 0.4) is 0 Å². The van der Waals surface area contributed by atoms with Crippen LogP contribution in [0.25, 0.3) is 0 Å². The van der Waals surface area contributed by atoms with Gasteiger partial charge < -0.3 is 9.15 Å². The van der Waals surface area contributed by atoms with Crippen molar-refractivity contribution >= 4 is 5.78 Å². The number of methoxy groups -OCH3 is 1. The van der Waals surface area contributed by atoms with Gasteiger partial charge in [-0.25, -0.2) is 0 Å². The Hall–Kier alpha value is -1.09. The molecular weight excluding hydrogens is 192 g/mol. The predicted octanol–water partition coefficient (Wildman–Crippen LogP) is 2.35. The molecule has 3 heteroatoms. The molecule has 15 heavy (non-hydrogen) atoms. The Labute approximate surface area is 89.4 Å². The lowest BCUT2D eigenvalue weighted by atomic mass is 9.76. The summed E-state index contributed by atoms with van der Waals surface area (Å²) in [6, 6.07) is 1.83. The van der Waals surface area contributed by atoms with Crippen molar-refractivity contribution in [3.05, 3.63) is 24.2 Å². The van der Waals surface area contributed by atoms with Gasteiger partial charge in [-0.2, -0.15) is 0 Å². The first-order valence-electron chi connectivity index (χ1n) is 5.32. The molecule has 0 aromatic carbocycles. The van der Waals surface area contributed by atoms with E-state index >= 15 is 0 Å². The molecule has 1 aliphatic carbocycles. The molecule has 1 aliphatic rings. The van der Waals surface area contributed by atoms with Crippen LogP contribution in [0.15, 0.2) is 23.0 Å². The van der Waals surface area contributed by atoms with Crippen molar-refractivity contribution < 1.29 is 13.9 Å². The van der Waals surface area contributed by atoms with Gasteiger partial charge in [-0.05, 0) is 30.9 Å². The van der Waals surface area contributed by atoms with Crippen LogP contribution in [0, 0.1) is 0 Å². The monoisotopic (exact) mass is 208 g/mol. The van der Waals surface area contributed by atoms with Crippen molar-refractivity contribution in [3.63, 3.8) is 0 Å². The number of hydrogen-bond acceptors (Lipinski definition) is 3. The lowest BCUT2D eigenvalue weighted by Gasteiger charge is -2.40. The average molecular weight is 208 g/mol. The highest BCUT2D eigenvalue weighted by atomic mass is 16.5. The molecule has 2 rings (SSSR count). The van der Waals surface area contributed by atoms with E-state index in [2.05, 4.69) is 0 Å². The van der Waals surface area contributed by atoms with Gasteiger partial charge in [0.05, 0.1) is 18.1 Å². The fourth-order valence-electron chi connectivity index (χ4n) is 2.07. The van der Waals surface area contributed by atoms with Crippen molar-refractivity contribution in [2.24, 2.45) is 0 Å². The van der Waals surface area contributed by atoms with Crippen molar-refractivity contribution in [1.29, 1.82) is 0 Å². The van der Waals surface area contributed by atoms with Gasteiger partial charge in [-0.15, -0.1) is 0 Å². The molecule has 0 saturated heterocycles. The highest BCUT2D eigenvalue weighted by molar-refractivity contribution is 5.81. The summed E-state index contributed by atoms with van der Waals surface area (Å²) in [7, 11) is 1.70. The number of hydrogen-bond donors (Lipinski definition) is 0.